The third kappa shape index (κ3) is 6.07. The van der Waals surface area contributed by atoms with Crippen LogP contribution in [-0.4, -0.2) is 29.5 Å². The van der Waals surface area contributed by atoms with Crippen LogP contribution in [0, 0.1) is 17.2 Å². The number of methoxy groups -OCH3 is 1. The van der Waals surface area contributed by atoms with Crippen molar-refractivity contribution in [2.45, 2.75) is 50.8 Å². The van der Waals surface area contributed by atoms with E-state index in [4.69, 9.17) is 9.47 Å². The number of carbonyl (C=O) groups excluding carboxylic acids is 1. The second-order valence-electron chi connectivity index (χ2n) is 10.00. The summed E-state index contributed by atoms with van der Waals surface area (Å²) in [5.41, 5.74) is 3.10. The van der Waals surface area contributed by atoms with Gasteiger partial charge in [0.25, 0.3) is 5.91 Å². The third-order valence-electron chi connectivity index (χ3n) is 7.43. The van der Waals surface area contributed by atoms with Gasteiger partial charge in [-0.2, -0.15) is 5.26 Å². The van der Waals surface area contributed by atoms with Gasteiger partial charge >= 0.3 is 0 Å². The number of rotatable bonds is 8. The molecule has 0 spiro atoms. The Morgan fingerprint density at radius 2 is 1.82 bits per heavy atom. The number of carbonyl (C=O) groups is 1. The number of hydrogen-bond acceptors (Lipinski definition) is 6. The average molecular weight is 540 g/mol. The molecular formula is C32H33N3O3S. The van der Waals surface area contributed by atoms with Gasteiger partial charge in [-0.15, -0.1) is 0 Å². The Kier molecular flexibility index (Phi) is 8.43. The minimum atomic E-state index is -0.165. The first kappa shape index (κ1) is 26.7. The molecule has 1 unspecified atom stereocenters. The lowest BCUT2D eigenvalue weighted by atomic mass is 9.85. The van der Waals surface area contributed by atoms with Crippen molar-refractivity contribution in [2.75, 3.05) is 12.4 Å². The SMILES string of the molecule is COc1cc(/C=C2\SC(Nc3ccccc3)N([C@H]3CCCC[C@H]3C)C2=O)ccc1OCc1ccccc1C#N. The molecule has 1 aliphatic carbocycles. The van der Waals surface area contributed by atoms with E-state index in [2.05, 4.69) is 23.2 Å². The predicted molar refractivity (Wildman–Crippen MR) is 156 cm³/mol. The number of thioether (sulfide) groups is 1. The normalized spacial score (nSPS) is 22.0. The molecule has 7 heteroatoms. The van der Waals surface area contributed by atoms with Crippen molar-refractivity contribution in [3.63, 3.8) is 0 Å². The molecule has 2 aliphatic rings. The number of nitrogens with zero attached hydrogens (tertiary/aromatic N) is 2. The molecule has 0 aromatic heterocycles. The Labute approximate surface area is 234 Å². The first-order valence-electron chi connectivity index (χ1n) is 13.4. The molecule has 0 radical (unpaired) electrons. The zero-order chi connectivity index (χ0) is 27.2. The summed E-state index contributed by atoms with van der Waals surface area (Å²) in [7, 11) is 1.60. The molecule has 5 rings (SSSR count). The number of benzene rings is 3. The average Bonchev–Trinajstić information content (AvgIpc) is 3.26. The van der Waals surface area contributed by atoms with Crippen LogP contribution in [0.3, 0.4) is 0 Å². The largest absolute Gasteiger partial charge is 0.493 e. The maximum Gasteiger partial charge on any atom is 0.262 e. The van der Waals surface area contributed by atoms with Gasteiger partial charge in [0.05, 0.1) is 23.6 Å². The lowest BCUT2D eigenvalue weighted by molar-refractivity contribution is -0.129. The molecule has 2 fully saturated rings. The Morgan fingerprint density at radius 3 is 2.59 bits per heavy atom. The van der Waals surface area contributed by atoms with Crippen molar-refractivity contribution >= 4 is 29.4 Å². The van der Waals surface area contributed by atoms with Gasteiger partial charge in [0.2, 0.25) is 0 Å². The van der Waals surface area contributed by atoms with Gasteiger partial charge in [-0.25, -0.2) is 0 Å². The number of para-hydroxylation sites is 1. The van der Waals surface area contributed by atoms with Crippen LogP contribution < -0.4 is 14.8 Å². The summed E-state index contributed by atoms with van der Waals surface area (Å²) in [5, 5.41) is 12.9. The smallest absolute Gasteiger partial charge is 0.262 e. The van der Waals surface area contributed by atoms with Gasteiger partial charge in [0, 0.05) is 17.3 Å². The number of nitriles is 1. The fourth-order valence-corrected chi connectivity index (χ4v) is 6.53. The van der Waals surface area contributed by atoms with Crippen molar-refractivity contribution in [3.8, 4) is 17.6 Å². The quantitative estimate of drug-likeness (QED) is 0.310. The highest BCUT2D eigenvalue weighted by atomic mass is 32.2. The van der Waals surface area contributed by atoms with Crippen molar-refractivity contribution in [2.24, 2.45) is 5.92 Å². The van der Waals surface area contributed by atoms with Gasteiger partial charge < -0.3 is 19.7 Å². The van der Waals surface area contributed by atoms with Gasteiger partial charge in [-0.3, -0.25) is 4.79 Å². The highest BCUT2D eigenvalue weighted by Crippen LogP contribution is 2.42. The molecule has 0 bridgehead atoms. The van der Waals surface area contributed by atoms with Gasteiger partial charge in [0.1, 0.15) is 6.61 Å². The molecule has 6 nitrogen and oxygen atoms in total. The fraction of sp³-hybridized carbons (Fsp3) is 0.312. The van der Waals surface area contributed by atoms with Crippen LogP contribution in [0.1, 0.15) is 49.3 Å². The van der Waals surface area contributed by atoms with E-state index in [1.165, 1.54) is 6.42 Å². The molecule has 1 saturated carbocycles. The van der Waals surface area contributed by atoms with Crippen LogP contribution in [0.15, 0.2) is 77.7 Å². The lowest BCUT2D eigenvalue weighted by Crippen LogP contribution is -2.48. The van der Waals surface area contributed by atoms with E-state index in [1.807, 2.05) is 72.8 Å². The molecule has 1 heterocycles. The monoisotopic (exact) mass is 539 g/mol. The number of ether oxygens (including phenoxy) is 2. The molecule has 3 aromatic carbocycles. The Morgan fingerprint density at radius 1 is 1.05 bits per heavy atom. The lowest BCUT2D eigenvalue weighted by Gasteiger charge is -2.39. The summed E-state index contributed by atoms with van der Waals surface area (Å²) in [5.74, 6) is 1.69. The van der Waals surface area contributed by atoms with E-state index in [-0.39, 0.29) is 24.1 Å². The number of hydrogen-bond donors (Lipinski definition) is 1. The van der Waals surface area contributed by atoms with Crippen LogP contribution in [0.4, 0.5) is 5.69 Å². The minimum absolute atomic E-state index is 0.0691. The van der Waals surface area contributed by atoms with E-state index in [9.17, 15) is 10.1 Å². The van der Waals surface area contributed by atoms with Crippen LogP contribution >= 0.6 is 11.8 Å². The van der Waals surface area contributed by atoms with Gasteiger partial charge in [-0.05, 0) is 60.7 Å². The molecule has 3 atom stereocenters. The zero-order valence-corrected chi connectivity index (χ0v) is 23.1. The van der Waals surface area contributed by atoms with E-state index in [0.717, 1.165) is 36.1 Å². The van der Waals surface area contributed by atoms with Crippen molar-refractivity contribution in [1.29, 1.82) is 5.26 Å². The van der Waals surface area contributed by atoms with Gasteiger partial charge in [-0.1, -0.05) is 74.0 Å². The van der Waals surface area contributed by atoms with Gasteiger partial charge in [0.15, 0.2) is 17.0 Å². The number of anilines is 1. The molecular weight excluding hydrogens is 506 g/mol. The molecule has 1 amide bonds. The molecule has 1 aliphatic heterocycles. The molecule has 200 valence electrons. The summed E-state index contributed by atoms with van der Waals surface area (Å²) in [6.07, 6.45) is 6.49. The summed E-state index contributed by atoms with van der Waals surface area (Å²) in [6, 6.07) is 25.5. The van der Waals surface area contributed by atoms with E-state index < -0.39 is 0 Å². The zero-order valence-electron chi connectivity index (χ0n) is 22.3. The minimum Gasteiger partial charge on any atom is -0.493 e. The third-order valence-corrected chi connectivity index (χ3v) is 8.55. The standard InChI is InChI=1S/C32H33N3O3S/c1-22-10-6-9-15-27(22)35-31(36)30(39-32(35)34-26-13-4-3-5-14-26)19-23-16-17-28(29(18-23)37-2)38-21-25-12-8-7-11-24(25)20-33/h3-5,7-8,11-14,16-19,22,27,32,34H,6,9-10,15,21H2,1-2H3/b30-19-/t22-,27+,32?/m1/s1. The Balaban J connectivity index is 1.38. The van der Waals surface area contributed by atoms with Crippen LogP contribution in [-0.2, 0) is 11.4 Å². The second-order valence-corrected chi connectivity index (χ2v) is 11.1. The fourth-order valence-electron chi connectivity index (χ4n) is 5.32. The topological polar surface area (TPSA) is 74.6 Å². The first-order valence-corrected chi connectivity index (χ1v) is 14.3. The van der Waals surface area contributed by atoms with Crippen LogP contribution in [0.5, 0.6) is 11.5 Å². The summed E-state index contributed by atoms with van der Waals surface area (Å²) < 4.78 is 11.6. The highest BCUT2D eigenvalue weighted by molar-refractivity contribution is 8.05. The Hall–Kier alpha value is -3.89. The van der Waals surface area contributed by atoms with Crippen molar-refractivity contribution < 1.29 is 14.3 Å². The molecule has 1 saturated heterocycles. The summed E-state index contributed by atoms with van der Waals surface area (Å²) >= 11 is 1.57. The van der Waals surface area contributed by atoms with Crippen molar-refractivity contribution in [1.82, 2.24) is 4.90 Å². The summed E-state index contributed by atoms with van der Waals surface area (Å²) in [4.78, 5) is 16.6. The maximum atomic E-state index is 13.8. The molecule has 39 heavy (non-hydrogen) atoms. The molecule has 3 aromatic rings. The molecule has 1 N–H and O–H groups in total. The number of amides is 1. The Bertz CT molecular complexity index is 1380. The van der Waals surface area contributed by atoms with E-state index in [1.54, 1.807) is 24.9 Å². The van der Waals surface area contributed by atoms with E-state index in [0.29, 0.717) is 27.9 Å². The van der Waals surface area contributed by atoms with Crippen molar-refractivity contribution in [3.05, 3.63) is 94.4 Å². The van der Waals surface area contributed by atoms with Crippen LogP contribution in [0.2, 0.25) is 0 Å². The second kappa shape index (κ2) is 12.3. The van der Waals surface area contributed by atoms with Crippen LogP contribution in [0.25, 0.3) is 6.08 Å². The highest BCUT2D eigenvalue weighted by Gasteiger charge is 2.42. The number of nitrogens with one attached hydrogen (secondary N) is 1. The summed E-state index contributed by atoms with van der Waals surface area (Å²) in [6.45, 7) is 2.53. The van der Waals surface area contributed by atoms with E-state index >= 15 is 0 Å². The predicted octanol–water partition coefficient (Wildman–Crippen LogP) is 7.04. The first-order chi connectivity index (χ1) is 19.1. The maximum absolute atomic E-state index is 13.8.